The van der Waals surface area contributed by atoms with Gasteiger partial charge in [0.25, 0.3) is 0 Å². The van der Waals surface area contributed by atoms with E-state index in [0.717, 1.165) is 40.1 Å². The Hall–Kier alpha value is -4.28. The van der Waals surface area contributed by atoms with E-state index in [1.807, 2.05) is 45.3 Å². The molecule has 340 valence electrons. The average Bonchev–Trinajstić information content (AvgIpc) is 3.80. The second-order valence-corrected chi connectivity index (χ2v) is 20.0. The standard InChI is InChI=1S/C46H66ClN7O7S/c1-28(30-12-14-32(15-13-30)41-29(2)50-27-62-41)49-23-34-22-35(55)24-54(34)43(58)42(45(3,4)5)52-39(57)25-53-20-18-31(19-21-53)36-10-9-11-37(40(36)47)60-26-33(16-17-38(48)56)51-44(59)61-46(6,7)8/h9-15,27-28,31,33-35,42,49,55H,16-26H2,1-8H3,(H2,48,56)(H,51,59)(H,52,57)/t28-,33-,34-,35+,42+/m0/s1. The van der Waals surface area contributed by atoms with Gasteiger partial charge in [-0.15, -0.1) is 11.3 Å². The number of aryl methyl sites for hydroxylation is 1. The molecule has 0 aliphatic carbocycles. The number of nitrogens with zero attached hydrogens (tertiary/aromatic N) is 3. The number of thiazole rings is 1. The molecule has 6 N–H and O–H groups in total. The first-order valence-electron chi connectivity index (χ1n) is 21.6. The number of carbonyl (C=O) groups excluding carboxylic acids is 4. The van der Waals surface area contributed by atoms with Crippen LogP contribution in [0.3, 0.4) is 0 Å². The lowest BCUT2D eigenvalue weighted by atomic mass is 9.85. The van der Waals surface area contributed by atoms with Gasteiger partial charge in [0.2, 0.25) is 17.7 Å². The summed E-state index contributed by atoms with van der Waals surface area (Å²) in [6.45, 7) is 17.5. The number of hydrogen-bond donors (Lipinski definition) is 5. The van der Waals surface area contributed by atoms with Gasteiger partial charge in [0.1, 0.15) is 24.0 Å². The maximum Gasteiger partial charge on any atom is 0.407 e. The SMILES string of the molecule is Cc1ncsc1-c1ccc([C@H](C)NC[C@@H]2C[C@@H](O)CN2C(=O)[C@@H](NC(=O)CN2CCC(c3cccc(OC[C@H](CCC(N)=O)NC(=O)OC(C)(C)C)c3Cl)CC2)C(C)(C)C)cc1. The van der Waals surface area contributed by atoms with Crippen LogP contribution in [0.1, 0.15) is 109 Å². The molecule has 1 aromatic heterocycles. The third-order valence-corrected chi connectivity index (χ3v) is 12.8. The van der Waals surface area contributed by atoms with Crippen molar-refractivity contribution < 1.29 is 33.8 Å². The van der Waals surface area contributed by atoms with E-state index < -0.39 is 41.2 Å². The minimum Gasteiger partial charge on any atom is -0.490 e. The van der Waals surface area contributed by atoms with E-state index in [1.54, 1.807) is 43.1 Å². The zero-order valence-electron chi connectivity index (χ0n) is 37.5. The summed E-state index contributed by atoms with van der Waals surface area (Å²) in [5, 5.41) is 20.6. The molecule has 5 atom stereocenters. The quantitative estimate of drug-likeness (QED) is 0.102. The fraction of sp³-hybridized carbons (Fsp3) is 0.587. The molecule has 4 amide bonds. The Bertz CT molecular complexity index is 1990. The van der Waals surface area contributed by atoms with Gasteiger partial charge >= 0.3 is 6.09 Å². The number of aliphatic hydroxyl groups excluding tert-OH is 1. The number of alkyl carbamates (subject to hydrolysis) is 1. The van der Waals surface area contributed by atoms with Crippen LogP contribution in [-0.4, -0.2) is 113 Å². The van der Waals surface area contributed by atoms with Crippen LogP contribution in [0.2, 0.25) is 5.02 Å². The molecule has 2 aliphatic heterocycles. The number of ether oxygens (including phenoxy) is 2. The van der Waals surface area contributed by atoms with Gasteiger partial charge < -0.3 is 41.2 Å². The van der Waals surface area contributed by atoms with Gasteiger partial charge in [-0.2, -0.15) is 0 Å². The molecule has 16 heteroatoms. The lowest BCUT2D eigenvalue weighted by Crippen LogP contribution is -2.58. The fourth-order valence-electron chi connectivity index (χ4n) is 8.05. The molecule has 0 unspecified atom stereocenters. The number of aliphatic hydroxyl groups is 1. The molecule has 0 radical (unpaired) electrons. The molecule has 0 saturated carbocycles. The van der Waals surface area contributed by atoms with E-state index in [0.29, 0.717) is 36.8 Å². The Labute approximate surface area is 375 Å². The normalized spacial score (nSPS) is 19.1. The van der Waals surface area contributed by atoms with Crippen LogP contribution in [0.4, 0.5) is 4.79 Å². The third kappa shape index (κ3) is 13.9. The Morgan fingerprint density at radius 1 is 1.03 bits per heavy atom. The minimum absolute atomic E-state index is 0.0185. The van der Waals surface area contributed by atoms with Crippen LogP contribution in [0.5, 0.6) is 5.75 Å². The number of halogens is 1. The number of β-amino-alcohol motifs (C(OH)–C–C–N with tert-alkyl or cyclic N) is 1. The Kier molecular flexibility index (Phi) is 16.8. The van der Waals surface area contributed by atoms with Crippen LogP contribution in [0.25, 0.3) is 10.4 Å². The number of nitrogens with one attached hydrogen (secondary N) is 3. The highest BCUT2D eigenvalue weighted by atomic mass is 35.5. The molecule has 2 aromatic carbocycles. The van der Waals surface area contributed by atoms with Crippen LogP contribution in [0.15, 0.2) is 48.0 Å². The minimum atomic E-state index is -0.781. The van der Waals surface area contributed by atoms with Crippen molar-refractivity contribution in [1.29, 1.82) is 0 Å². The van der Waals surface area contributed by atoms with E-state index in [-0.39, 0.29) is 62.4 Å². The van der Waals surface area contributed by atoms with E-state index in [9.17, 15) is 24.3 Å². The maximum atomic E-state index is 14.3. The summed E-state index contributed by atoms with van der Waals surface area (Å²) in [6, 6.07) is 12.5. The Morgan fingerprint density at radius 2 is 1.73 bits per heavy atom. The number of hydrogen-bond acceptors (Lipinski definition) is 11. The number of amides is 4. The molecule has 5 rings (SSSR count). The van der Waals surface area contributed by atoms with Crippen molar-refractivity contribution in [2.45, 2.75) is 129 Å². The Morgan fingerprint density at radius 3 is 2.34 bits per heavy atom. The lowest BCUT2D eigenvalue weighted by Gasteiger charge is -2.37. The Balaban J connectivity index is 1.13. The average molecular weight is 897 g/mol. The number of carbonyl (C=O) groups is 4. The number of rotatable bonds is 17. The first kappa shape index (κ1) is 48.7. The smallest absolute Gasteiger partial charge is 0.407 e. The third-order valence-electron chi connectivity index (χ3n) is 11.5. The van der Waals surface area contributed by atoms with Crippen molar-refractivity contribution in [1.82, 2.24) is 30.7 Å². The number of piperidine rings is 1. The fourth-order valence-corrected chi connectivity index (χ4v) is 9.19. The zero-order chi connectivity index (χ0) is 45.4. The summed E-state index contributed by atoms with van der Waals surface area (Å²) < 4.78 is 11.5. The van der Waals surface area contributed by atoms with Crippen LogP contribution < -0.4 is 26.4 Å². The monoisotopic (exact) mass is 895 g/mol. The number of likely N-dealkylation sites (tertiary alicyclic amines) is 2. The van der Waals surface area contributed by atoms with Crippen molar-refractivity contribution in [3.63, 3.8) is 0 Å². The summed E-state index contributed by atoms with van der Waals surface area (Å²) in [6.07, 6.45) is 1.04. The molecular formula is C46H66ClN7O7S. The summed E-state index contributed by atoms with van der Waals surface area (Å²) in [4.78, 5) is 61.2. The first-order valence-corrected chi connectivity index (χ1v) is 22.9. The predicted molar refractivity (Wildman–Crippen MR) is 243 cm³/mol. The van der Waals surface area contributed by atoms with Crippen molar-refractivity contribution in [3.05, 3.63) is 69.8 Å². The molecule has 14 nitrogen and oxygen atoms in total. The van der Waals surface area contributed by atoms with Crippen molar-refractivity contribution >= 4 is 46.8 Å². The highest BCUT2D eigenvalue weighted by Gasteiger charge is 2.42. The molecule has 3 heterocycles. The van der Waals surface area contributed by atoms with E-state index in [4.69, 9.17) is 26.8 Å². The van der Waals surface area contributed by atoms with Gasteiger partial charge in [-0.3, -0.25) is 19.3 Å². The summed E-state index contributed by atoms with van der Waals surface area (Å²) in [5.41, 5.74) is 10.2. The predicted octanol–water partition coefficient (Wildman–Crippen LogP) is 6.33. The first-order chi connectivity index (χ1) is 29.2. The molecule has 3 aromatic rings. The van der Waals surface area contributed by atoms with E-state index in [1.165, 1.54) is 0 Å². The number of benzene rings is 2. The highest BCUT2D eigenvalue weighted by molar-refractivity contribution is 7.13. The number of nitrogens with two attached hydrogens (primary N) is 1. The van der Waals surface area contributed by atoms with Gasteiger partial charge in [-0.25, -0.2) is 9.78 Å². The van der Waals surface area contributed by atoms with Crippen molar-refractivity contribution in [2.24, 2.45) is 11.1 Å². The molecule has 2 aliphatic rings. The lowest BCUT2D eigenvalue weighted by molar-refractivity contribution is -0.140. The number of primary amides is 1. The topological polar surface area (TPSA) is 188 Å². The summed E-state index contributed by atoms with van der Waals surface area (Å²) in [7, 11) is 0. The summed E-state index contributed by atoms with van der Waals surface area (Å²) >= 11 is 8.54. The highest BCUT2D eigenvalue weighted by Crippen LogP contribution is 2.38. The molecular weight excluding hydrogens is 830 g/mol. The van der Waals surface area contributed by atoms with Crippen molar-refractivity contribution in [2.75, 3.05) is 39.3 Å². The van der Waals surface area contributed by atoms with E-state index in [2.05, 4.69) is 57.0 Å². The number of aromatic nitrogens is 1. The zero-order valence-corrected chi connectivity index (χ0v) is 39.0. The van der Waals surface area contributed by atoms with Crippen molar-refractivity contribution in [3.8, 4) is 16.2 Å². The second-order valence-electron chi connectivity index (χ2n) is 18.8. The molecule has 2 saturated heterocycles. The maximum absolute atomic E-state index is 14.3. The van der Waals surface area contributed by atoms with E-state index >= 15 is 0 Å². The second kappa shape index (κ2) is 21.4. The van der Waals surface area contributed by atoms with Gasteiger partial charge in [-0.05, 0) is 107 Å². The molecule has 62 heavy (non-hydrogen) atoms. The van der Waals surface area contributed by atoms with Gasteiger partial charge in [0.15, 0.2) is 0 Å². The summed E-state index contributed by atoms with van der Waals surface area (Å²) in [5.74, 6) is -0.316. The van der Waals surface area contributed by atoms with Gasteiger partial charge in [0.05, 0.1) is 39.8 Å². The molecule has 0 spiro atoms. The van der Waals surface area contributed by atoms with Crippen LogP contribution in [0, 0.1) is 12.3 Å². The van der Waals surface area contributed by atoms with Crippen LogP contribution in [-0.2, 0) is 19.1 Å². The molecule has 2 fully saturated rings. The van der Waals surface area contributed by atoms with Gasteiger partial charge in [-0.1, -0.05) is 68.8 Å². The van der Waals surface area contributed by atoms with Gasteiger partial charge in [0, 0.05) is 31.6 Å². The van der Waals surface area contributed by atoms with Crippen LogP contribution >= 0.6 is 22.9 Å². The largest absolute Gasteiger partial charge is 0.490 e. The molecule has 0 bridgehead atoms.